The monoisotopic (exact) mass is 219 g/mol. The van der Waals surface area contributed by atoms with Crippen LogP contribution in [0.2, 0.25) is 0 Å². The maximum absolute atomic E-state index is 10.9. The van der Waals surface area contributed by atoms with Crippen molar-refractivity contribution in [2.45, 2.75) is 19.4 Å². The van der Waals surface area contributed by atoms with Crippen LogP contribution in [0.5, 0.6) is 0 Å². The summed E-state index contributed by atoms with van der Waals surface area (Å²) in [4.78, 5) is 12.9. The minimum atomic E-state index is -0.288. The molecule has 1 aliphatic heterocycles. The summed E-state index contributed by atoms with van der Waals surface area (Å²) in [5, 5.41) is 0. The molecule has 86 valence electrons. The van der Waals surface area contributed by atoms with E-state index in [1.807, 2.05) is 24.0 Å². The maximum atomic E-state index is 10.9. The summed E-state index contributed by atoms with van der Waals surface area (Å²) >= 11 is 0. The van der Waals surface area contributed by atoms with E-state index in [9.17, 15) is 4.79 Å². The molecule has 1 aromatic rings. The summed E-state index contributed by atoms with van der Waals surface area (Å²) in [6, 6.07) is 6.23. The molecule has 0 aliphatic carbocycles. The highest BCUT2D eigenvalue weighted by Crippen LogP contribution is 2.29. The Labute approximate surface area is 95.2 Å². The first-order chi connectivity index (χ1) is 7.58. The molecular weight excluding hydrogens is 202 g/mol. The Kier molecular flexibility index (Phi) is 2.83. The van der Waals surface area contributed by atoms with Crippen molar-refractivity contribution in [3.05, 3.63) is 29.3 Å². The van der Waals surface area contributed by atoms with Crippen LogP contribution in [0.1, 0.15) is 24.1 Å². The van der Waals surface area contributed by atoms with Gasteiger partial charge >= 0.3 is 0 Å². The van der Waals surface area contributed by atoms with Crippen molar-refractivity contribution in [3.63, 3.8) is 0 Å². The number of fused-ring (bicyclic) bond motifs is 1. The zero-order valence-corrected chi connectivity index (χ0v) is 9.44. The number of rotatable bonds is 3. The van der Waals surface area contributed by atoms with Gasteiger partial charge in [-0.1, -0.05) is 12.1 Å². The van der Waals surface area contributed by atoms with Gasteiger partial charge in [-0.15, -0.1) is 0 Å². The molecule has 0 saturated heterocycles. The minimum absolute atomic E-state index is 0.0514. The third kappa shape index (κ3) is 2.02. The summed E-state index contributed by atoms with van der Waals surface area (Å²) in [5.74, 6) is -0.288. The van der Waals surface area contributed by atoms with Crippen LogP contribution in [0.15, 0.2) is 18.2 Å². The Hall–Kier alpha value is -1.55. The molecule has 0 spiro atoms. The molecule has 1 aromatic carbocycles. The number of hydrogen-bond acceptors (Lipinski definition) is 3. The molecular formula is C12H17N3O. The molecule has 1 amide bonds. The van der Waals surface area contributed by atoms with Gasteiger partial charge in [0.25, 0.3) is 0 Å². The van der Waals surface area contributed by atoms with E-state index in [-0.39, 0.29) is 11.9 Å². The lowest BCUT2D eigenvalue weighted by Crippen LogP contribution is -2.32. The Morgan fingerprint density at radius 3 is 2.94 bits per heavy atom. The lowest BCUT2D eigenvalue weighted by atomic mass is 10.0. The second-order valence-corrected chi connectivity index (χ2v) is 4.31. The second-order valence-electron chi connectivity index (χ2n) is 4.31. The van der Waals surface area contributed by atoms with Gasteiger partial charge in [-0.05, 0) is 30.5 Å². The third-order valence-electron chi connectivity index (χ3n) is 2.97. The zero-order chi connectivity index (χ0) is 11.7. The standard InChI is InChI=1S/C12H17N3O/c1-8(13)9-2-3-11-10(6-9)4-5-15(11)7-12(14)16/h2-3,6,8H,4-5,7,13H2,1H3,(H2,14,16). The molecule has 0 bridgehead atoms. The van der Waals surface area contributed by atoms with Crippen LogP contribution in [0.3, 0.4) is 0 Å². The highest BCUT2D eigenvalue weighted by atomic mass is 16.1. The second kappa shape index (κ2) is 4.14. The molecule has 0 fully saturated rings. The molecule has 2 rings (SSSR count). The molecule has 1 atom stereocenters. The van der Waals surface area contributed by atoms with Crippen molar-refractivity contribution in [3.8, 4) is 0 Å². The number of primary amides is 1. The van der Waals surface area contributed by atoms with Crippen LogP contribution in [-0.2, 0) is 11.2 Å². The summed E-state index contributed by atoms with van der Waals surface area (Å²) in [6.07, 6.45) is 0.961. The number of nitrogens with zero attached hydrogens (tertiary/aromatic N) is 1. The van der Waals surface area contributed by atoms with E-state index in [0.717, 1.165) is 24.2 Å². The first-order valence-corrected chi connectivity index (χ1v) is 5.49. The Balaban J connectivity index is 2.25. The number of anilines is 1. The summed E-state index contributed by atoms with van der Waals surface area (Å²) in [6.45, 7) is 3.13. The molecule has 1 unspecified atom stereocenters. The van der Waals surface area contributed by atoms with E-state index >= 15 is 0 Å². The fourth-order valence-electron chi connectivity index (χ4n) is 2.13. The first kappa shape index (κ1) is 11.0. The SMILES string of the molecule is CC(N)c1ccc2c(c1)CCN2CC(N)=O. The first-order valence-electron chi connectivity index (χ1n) is 5.49. The number of benzene rings is 1. The number of carbonyl (C=O) groups excluding carboxylic acids is 1. The van der Waals surface area contributed by atoms with Crippen LogP contribution < -0.4 is 16.4 Å². The number of hydrogen-bond donors (Lipinski definition) is 2. The largest absolute Gasteiger partial charge is 0.368 e. The highest BCUT2D eigenvalue weighted by molar-refractivity contribution is 5.80. The van der Waals surface area contributed by atoms with Crippen LogP contribution in [0, 0.1) is 0 Å². The fraction of sp³-hybridized carbons (Fsp3) is 0.417. The van der Waals surface area contributed by atoms with Gasteiger partial charge in [0.15, 0.2) is 0 Å². The van der Waals surface area contributed by atoms with E-state index in [0.29, 0.717) is 6.54 Å². The number of amides is 1. The molecule has 0 aromatic heterocycles. The van der Waals surface area contributed by atoms with Crippen LogP contribution >= 0.6 is 0 Å². The van der Waals surface area contributed by atoms with Crippen molar-refractivity contribution in [1.82, 2.24) is 0 Å². The van der Waals surface area contributed by atoms with E-state index in [1.54, 1.807) is 0 Å². The summed E-state index contributed by atoms with van der Waals surface area (Å²) in [7, 11) is 0. The quantitative estimate of drug-likeness (QED) is 0.780. The fourth-order valence-corrected chi connectivity index (χ4v) is 2.13. The van der Waals surface area contributed by atoms with E-state index in [4.69, 9.17) is 11.5 Å². The van der Waals surface area contributed by atoms with Crippen molar-refractivity contribution in [2.24, 2.45) is 11.5 Å². The smallest absolute Gasteiger partial charge is 0.236 e. The lowest BCUT2D eigenvalue weighted by Gasteiger charge is -2.17. The topological polar surface area (TPSA) is 72.3 Å². The van der Waals surface area contributed by atoms with Gasteiger partial charge in [0, 0.05) is 18.3 Å². The van der Waals surface area contributed by atoms with Crippen molar-refractivity contribution < 1.29 is 4.79 Å². The van der Waals surface area contributed by atoms with E-state index in [1.165, 1.54) is 5.56 Å². The van der Waals surface area contributed by atoms with Gasteiger partial charge < -0.3 is 16.4 Å². The van der Waals surface area contributed by atoms with Crippen LogP contribution in [0.25, 0.3) is 0 Å². The predicted octanol–water partition coefficient (Wildman–Crippen LogP) is 0.554. The molecule has 1 aliphatic rings. The summed E-state index contributed by atoms with van der Waals surface area (Å²) in [5.41, 5.74) is 14.6. The molecule has 0 radical (unpaired) electrons. The third-order valence-corrected chi connectivity index (χ3v) is 2.97. The van der Waals surface area contributed by atoms with Gasteiger partial charge in [0.05, 0.1) is 6.54 Å². The Morgan fingerprint density at radius 1 is 1.56 bits per heavy atom. The average molecular weight is 219 g/mol. The normalized spacial score (nSPS) is 16.0. The van der Waals surface area contributed by atoms with Crippen LogP contribution in [0.4, 0.5) is 5.69 Å². The van der Waals surface area contributed by atoms with Crippen molar-refractivity contribution in [2.75, 3.05) is 18.0 Å². The predicted molar refractivity (Wildman–Crippen MR) is 64.2 cm³/mol. The molecule has 0 saturated carbocycles. The summed E-state index contributed by atoms with van der Waals surface area (Å²) < 4.78 is 0. The van der Waals surface area contributed by atoms with Gasteiger partial charge in [-0.2, -0.15) is 0 Å². The van der Waals surface area contributed by atoms with E-state index < -0.39 is 0 Å². The van der Waals surface area contributed by atoms with Gasteiger partial charge in [0.1, 0.15) is 0 Å². The molecule has 1 heterocycles. The minimum Gasteiger partial charge on any atom is -0.368 e. The molecule has 4 N–H and O–H groups in total. The number of nitrogens with two attached hydrogens (primary N) is 2. The maximum Gasteiger partial charge on any atom is 0.236 e. The van der Waals surface area contributed by atoms with Gasteiger partial charge in [-0.3, -0.25) is 4.79 Å². The highest BCUT2D eigenvalue weighted by Gasteiger charge is 2.20. The van der Waals surface area contributed by atoms with Crippen molar-refractivity contribution in [1.29, 1.82) is 0 Å². The zero-order valence-electron chi connectivity index (χ0n) is 9.44. The Morgan fingerprint density at radius 2 is 2.31 bits per heavy atom. The van der Waals surface area contributed by atoms with Crippen LogP contribution in [-0.4, -0.2) is 19.0 Å². The average Bonchev–Trinajstić information content (AvgIpc) is 2.60. The Bertz CT molecular complexity index is 415. The van der Waals surface area contributed by atoms with Crippen molar-refractivity contribution >= 4 is 11.6 Å². The molecule has 4 heteroatoms. The van der Waals surface area contributed by atoms with Gasteiger partial charge in [0.2, 0.25) is 5.91 Å². The molecule has 4 nitrogen and oxygen atoms in total. The van der Waals surface area contributed by atoms with E-state index in [2.05, 4.69) is 6.07 Å². The lowest BCUT2D eigenvalue weighted by molar-refractivity contribution is -0.116. The molecule has 16 heavy (non-hydrogen) atoms. The number of carbonyl (C=O) groups is 1. The van der Waals surface area contributed by atoms with Gasteiger partial charge in [-0.25, -0.2) is 0 Å².